The van der Waals surface area contributed by atoms with Crippen molar-refractivity contribution in [3.63, 3.8) is 0 Å². The van der Waals surface area contributed by atoms with Crippen LogP contribution in [-0.4, -0.2) is 9.97 Å². The van der Waals surface area contributed by atoms with Crippen molar-refractivity contribution in [1.29, 1.82) is 10.5 Å². The monoisotopic (exact) mass is 331 g/mol. The van der Waals surface area contributed by atoms with Gasteiger partial charge in [0.2, 0.25) is 0 Å². The Labute approximate surface area is 150 Å². The average molecular weight is 331 g/mol. The molecule has 0 saturated carbocycles. The molecule has 5 heteroatoms. The highest BCUT2D eigenvalue weighted by Crippen LogP contribution is 2.44. The molecular formula is C21H9N5. The molecule has 4 rings (SSSR count). The third-order valence-electron chi connectivity index (χ3n) is 4.23. The molecule has 0 N–H and O–H groups in total. The predicted octanol–water partition coefficient (Wildman–Crippen LogP) is 4.20. The largest absolute Gasteiger partial charge is 0.271 e. The molecule has 0 atom stereocenters. The Morgan fingerprint density at radius 3 is 2.35 bits per heavy atom. The van der Waals surface area contributed by atoms with E-state index in [-0.39, 0.29) is 5.70 Å². The van der Waals surface area contributed by atoms with E-state index in [1.54, 1.807) is 30.5 Å². The summed E-state index contributed by atoms with van der Waals surface area (Å²) in [5.41, 5.74) is 5.41. The zero-order valence-electron chi connectivity index (χ0n) is 13.4. The Hall–Kier alpha value is -4.27. The van der Waals surface area contributed by atoms with Gasteiger partial charge < -0.3 is 0 Å². The van der Waals surface area contributed by atoms with Gasteiger partial charge in [-0.3, -0.25) is 4.98 Å². The quantitative estimate of drug-likeness (QED) is 0.387. The van der Waals surface area contributed by atoms with Gasteiger partial charge in [0.1, 0.15) is 0 Å². The number of fused-ring (bicyclic) bond motifs is 3. The lowest BCUT2D eigenvalue weighted by molar-refractivity contribution is 1.19. The summed E-state index contributed by atoms with van der Waals surface area (Å²) in [7, 11) is 0. The van der Waals surface area contributed by atoms with E-state index in [0.717, 1.165) is 16.7 Å². The molecule has 0 spiro atoms. The first-order valence-corrected chi connectivity index (χ1v) is 7.76. The van der Waals surface area contributed by atoms with Crippen LogP contribution in [0.4, 0.5) is 0 Å². The molecule has 0 bridgehead atoms. The lowest BCUT2D eigenvalue weighted by Crippen LogP contribution is -1.95. The molecule has 1 aromatic heterocycles. The van der Waals surface area contributed by atoms with Crippen LogP contribution < -0.4 is 0 Å². The topological polar surface area (TPSA) is 77.7 Å². The SMILES string of the molecule is [C-]#[N+]/C(C#N)=C1\c2ccccc2-c2ncc(-c3ccc(C#N)cc3)nc21. The second-order valence-corrected chi connectivity index (χ2v) is 5.63. The minimum Gasteiger partial charge on any atom is -0.252 e. The fourth-order valence-electron chi connectivity index (χ4n) is 3.03. The third kappa shape index (κ3) is 2.23. The van der Waals surface area contributed by atoms with Gasteiger partial charge in [-0.2, -0.15) is 5.26 Å². The van der Waals surface area contributed by atoms with E-state index < -0.39 is 0 Å². The lowest BCUT2D eigenvalue weighted by Gasteiger charge is -2.05. The first-order valence-electron chi connectivity index (χ1n) is 7.76. The molecule has 1 aliphatic rings. The van der Waals surface area contributed by atoms with Crippen molar-refractivity contribution in [2.45, 2.75) is 0 Å². The van der Waals surface area contributed by atoms with Crippen LogP contribution in [0.5, 0.6) is 0 Å². The lowest BCUT2D eigenvalue weighted by atomic mass is 10.0. The summed E-state index contributed by atoms with van der Waals surface area (Å²) in [5, 5.41) is 18.3. The van der Waals surface area contributed by atoms with E-state index in [1.165, 1.54) is 0 Å². The summed E-state index contributed by atoms with van der Waals surface area (Å²) in [4.78, 5) is 12.6. The summed E-state index contributed by atoms with van der Waals surface area (Å²) in [6, 6.07) is 18.6. The molecule has 1 aliphatic carbocycles. The van der Waals surface area contributed by atoms with Crippen molar-refractivity contribution in [2.24, 2.45) is 0 Å². The molecule has 0 saturated heterocycles. The zero-order chi connectivity index (χ0) is 18.1. The van der Waals surface area contributed by atoms with Crippen molar-refractivity contribution >= 4 is 5.57 Å². The van der Waals surface area contributed by atoms with Crippen molar-refractivity contribution in [1.82, 2.24) is 9.97 Å². The Morgan fingerprint density at radius 2 is 1.69 bits per heavy atom. The number of benzene rings is 2. The van der Waals surface area contributed by atoms with Crippen LogP contribution in [-0.2, 0) is 0 Å². The van der Waals surface area contributed by atoms with Crippen LogP contribution in [0.25, 0.3) is 32.9 Å². The van der Waals surface area contributed by atoms with Crippen LogP contribution in [0.2, 0.25) is 0 Å². The van der Waals surface area contributed by atoms with Crippen molar-refractivity contribution < 1.29 is 0 Å². The molecule has 0 aliphatic heterocycles. The maximum Gasteiger partial charge on any atom is 0.271 e. The molecule has 5 nitrogen and oxygen atoms in total. The van der Waals surface area contributed by atoms with E-state index >= 15 is 0 Å². The predicted molar refractivity (Wildman–Crippen MR) is 95.9 cm³/mol. The van der Waals surface area contributed by atoms with Crippen LogP contribution in [0.1, 0.15) is 16.8 Å². The van der Waals surface area contributed by atoms with Gasteiger partial charge in [-0.05, 0) is 17.7 Å². The Bertz CT molecular complexity index is 1180. The molecule has 26 heavy (non-hydrogen) atoms. The van der Waals surface area contributed by atoms with Gasteiger partial charge in [0.25, 0.3) is 5.70 Å². The highest BCUT2D eigenvalue weighted by molar-refractivity contribution is 6.01. The highest BCUT2D eigenvalue weighted by atomic mass is 14.8. The van der Waals surface area contributed by atoms with Gasteiger partial charge in [0.15, 0.2) is 0 Å². The van der Waals surface area contributed by atoms with Crippen molar-refractivity contribution in [2.75, 3.05) is 0 Å². The smallest absolute Gasteiger partial charge is 0.252 e. The van der Waals surface area contributed by atoms with Gasteiger partial charge in [-0.15, -0.1) is 0 Å². The maximum absolute atomic E-state index is 9.38. The minimum absolute atomic E-state index is 0.00229. The molecule has 3 aromatic rings. The molecular weight excluding hydrogens is 322 g/mol. The van der Waals surface area contributed by atoms with E-state index in [4.69, 9.17) is 16.8 Å². The van der Waals surface area contributed by atoms with Crippen molar-refractivity contribution in [3.8, 4) is 34.7 Å². The second-order valence-electron chi connectivity index (χ2n) is 5.63. The van der Waals surface area contributed by atoms with Crippen LogP contribution in [0.3, 0.4) is 0 Å². The molecule has 1 heterocycles. The average Bonchev–Trinajstić information content (AvgIpc) is 3.03. The van der Waals surface area contributed by atoms with Gasteiger partial charge in [0, 0.05) is 16.7 Å². The number of nitriles is 2. The summed E-state index contributed by atoms with van der Waals surface area (Å²) in [6.07, 6.45) is 1.67. The molecule has 118 valence electrons. The molecule has 0 amide bonds. The first-order chi connectivity index (χ1) is 12.8. The third-order valence-corrected chi connectivity index (χ3v) is 4.23. The minimum atomic E-state index is 0.00229. The number of rotatable bonds is 1. The Balaban J connectivity index is 1.96. The second kappa shape index (κ2) is 5.98. The van der Waals surface area contributed by atoms with Gasteiger partial charge in [-0.25, -0.2) is 15.1 Å². The standard InChI is InChI=1S/C21H9N5/c1-24-17(11-23)19-15-4-2-3-5-16(15)20-21(19)26-18(12-25-20)14-8-6-13(10-22)7-9-14/h2-9,12H/b19-17+. The number of aromatic nitrogens is 2. The summed E-state index contributed by atoms with van der Waals surface area (Å²) in [6.45, 7) is 7.34. The van der Waals surface area contributed by atoms with E-state index in [9.17, 15) is 5.26 Å². The maximum atomic E-state index is 9.38. The van der Waals surface area contributed by atoms with E-state index in [0.29, 0.717) is 28.2 Å². The molecule has 0 radical (unpaired) electrons. The normalized spacial score (nSPS) is 13.0. The Morgan fingerprint density at radius 1 is 0.962 bits per heavy atom. The van der Waals surface area contributed by atoms with Crippen LogP contribution >= 0.6 is 0 Å². The van der Waals surface area contributed by atoms with Gasteiger partial charge >= 0.3 is 0 Å². The summed E-state index contributed by atoms with van der Waals surface area (Å²) in [5.74, 6) is 0. The fraction of sp³-hybridized carbons (Fsp3) is 0. The van der Waals surface area contributed by atoms with Crippen LogP contribution in [0, 0.1) is 29.2 Å². The summed E-state index contributed by atoms with van der Waals surface area (Å²) < 4.78 is 0. The number of hydrogen-bond acceptors (Lipinski definition) is 4. The first kappa shape index (κ1) is 15.3. The van der Waals surface area contributed by atoms with Crippen LogP contribution in [0.15, 0.2) is 60.4 Å². The Kier molecular flexibility index (Phi) is 3.51. The molecule has 0 fully saturated rings. The molecule has 0 unspecified atom stereocenters. The van der Waals surface area contributed by atoms with Gasteiger partial charge in [0.05, 0.1) is 47.6 Å². The number of hydrogen-bond donors (Lipinski definition) is 0. The van der Waals surface area contributed by atoms with Crippen molar-refractivity contribution in [3.05, 3.63) is 88.7 Å². The molecule has 2 aromatic carbocycles. The van der Waals surface area contributed by atoms with E-state index in [1.807, 2.05) is 30.3 Å². The summed E-state index contributed by atoms with van der Waals surface area (Å²) >= 11 is 0. The number of allylic oxidation sites excluding steroid dienone is 1. The number of nitrogens with zero attached hydrogens (tertiary/aromatic N) is 5. The van der Waals surface area contributed by atoms with E-state index in [2.05, 4.69) is 15.9 Å². The fourth-order valence-corrected chi connectivity index (χ4v) is 3.03. The highest BCUT2D eigenvalue weighted by Gasteiger charge is 2.29. The van der Waals surface area contributed by atoms with Gasteiger partial charge in [-0.1, -0.05) is 36.4 Å². The zero-order valence-corrected chi connectivity index (χ0v) is 13.4.